The molecule has 0 atom stereocenters. The number of nitrogens with two attached hydrogens (primary N) is 1. The Morgan fingerprint density at radius 1 is 1.16 bits per heavy atom. The molecular weight excluding hydrogens is 264 g/mol. The number of aromatic hydroxyl groups is 1. The zero-order chi connectivity index (χ0) is 14.0. The van der Waals surface area contributed by atoms with Crippen LogP contribution in [-0.2, 0) is 10.0 Å². The molecule has 0 unspecified atom stereocenters. The van der Waals surface area contributed by atoms with E-state index in [2.05, 4.69) is 4.72 Å². The third kappa shape index (κ3) is 2.79. The monoisotopic (exact) mass is 278 g/mol. The predicted molar refractivity (Wildman–Crippen MR) is 74.5 cm³/mol. The first-order chi connectivity index (χ1) is 8.90. The number of phenols is 1. The van der Waals surface area contributed by atoms with Gasteiger partial charge in [0.25, 0.3) is 10.0 Å². The van der Waals surface area contributed by atoms with Crippen LogP contribution in [0.1, 0.15) is 5.56 Å². The van der Waals surface area contributed by atoms with Gasteiger partial charge in [0.2, 0.25) is 0 Å². The Hall–Kier alpha value is -2.21. The summed E-state index contributed by atoms with van der Waals surface area (Å²) in [7, 11) is -3.72. The predicted octanol–water partition coefficient (Wildman–Crippen LogP) is 2.08. The van der Waals surface area contributed by atoms with E-state index in [4.69, 9.17) is 5.73 Å². The van der Waals surface area contributed by atoms with Crippen molar-refractivity contribution in [3.05, 3.63) is 48.0 Å². The molecular formula is C13H14N2O3S. The van der Waals surface area contributed by atoms with E-state index >= 15 is 0 Å². The van der Waals surface area contributed by atoms with Crippen molar-refractivity contribution in [1.29, 1.82) is 0 Å². The van der Waals surface area contributed by atoms with Crippen LogP contribution in [0.3, 0.4) is 0 Å². The summed E-state index contributed by atoms with van der Waals surface area (Å²) in [6, 6.07) is 10.7. The van der Waals surface area contributed by atoms with Gasteiger partial charge in [0.05, 0.1) is 10.6 Å². The van der Waals surface area contributed by atoms with Crippen LogP contribution in [0.25, 0.3) is 0 Å². The van der Waals surface area contributed by atoms with Gasteiger partial charge in [0, 0.05) is 11.8 Å². The highest BCUT2D eigenvalue weighted by atomic mass is 32.2. The van der Waals surface area contributed by atoms with E-state index in [1.807, 2.05) is 0 Å². The van der Waals surface area contributed by atoms with E-state index in [9.17, 15) is 13.5 Å². The fraction of sp³-hybridized carbons (Fsp3) is 0.0769. The summed E-state index contributed by atoms with van der Waals surface area (Å²) in [6.07, 6.45) is 0. The molecule has 5 nitrogen and oxygen atoms in total. The van der Waals surface area contributed by atoms with E-state index in [1.54, 1.807) is 25.1 Å². The van der Waals surface area contributed by atoms with Gasteiger partial charge in [-0.3, -0.25) is 4.72 Å². The van der Waals surface area contributed by atoms with Crippen molar-refractivity contribution in [2.45, 2.75) is 11.8 Å². The first kappa shape index (κ1) is 13.2. The van der Waals surface area contributed by atoms with Gasteiger partial charge < -0.3 is 10.8 Å². The fourth-order valence-electron chi connectivity index (χ4n) is 1.60. The molecule has 0 heterocycles. The minimum absolute atomic E-state index is 0.107. The molecule has 2 aromatic carbocycles. The topological polar surface area (TPSA) is 92.4 Å². The van der Waals surface area contributed by atoms with E-state index in [1.165, 1.54) is 24.3 Å². The van der Waals surface area contributed by atoms with Crippen LogP contribution in [0.5, 0.6) is 5.75 Å². The molecule has 6 heteroatoms. The lowest BCUT2D eigenvalue weighted by Crippen LogP contribution is -2.13. The Bertz CT molecular complexity index is 697. The number of rotatable bonds is 3. The Kier molecular flexibility index (Phi) is 3.35. The average molecular weight is 278 g/mol. The zero-order valence-electron chi connectivity index (χ0n) is 10.3. The van der Waals surface area contributed by atoms with Crippen molar-refractivity contribution >= 4 is 21.4 Å². The van der Waals surface area contributed by atoms with Gasteiger partial charge in [-0.2, -0.15) is 0 Å². The number of phenolic OH excluding ortho intramolecular Hbond substituents is 1. The highest BCUT2D eigenvalue weighted by Crippen LogP contribution is 2.30. The van der Waals surface area contributed by atoms with Gasteiger partial charge in [0.15, 0.2) is 0 Å². The van der Waals surface area contributed by atoms with Crippen molar-refractivity contribution in [3.63, 3.8) is 0 Å². The zero-order valence-corrected chi connectivity index (χ0v) is 11.1. The molecule has 0 aliphatic rings. The highest BCUT2D eigenvalue weighted by molar-refractivity contribution is 7.92. The van der Waals surface area contributed by atoms with E-state index in [0.29, 0.717) is 11.3 Å². The van der Waals surface area contributed by atoms with Crippen molar-refractivity contribution < 1.29 is 13.5 Å². The number of anilines is 2. The maximum absolute atomic E-state index is 12.1. The largest absolute Gasteiger partial charge is 0.506 e. The Labute approximate surface area is 111 Å². The van der Waals surface area contributed by atoms with E-state index in [-0.39, 0.29) is 16.3 Å². The third-order valence-electron chi connectivity index (χ3n) is 2.68. The number of aryl methyl sites for hydroxylation is 1. The summed E-state index contributed by atoms with van der Waals surface area (Å²) in [5.41, 5.74) is 6.82. The molecule has 0 saturated heterocycles. The van der Waals surface area contributed by atoms with Crippen molar-refractivity contribution in [2.75, 3.05) is 10.5 Å². The number of hydrogen-bond acceptors (Lipinski definition) is 4. The van der Waals surface area contributed by atoms with Crippen molar-refractivity contribution in [2.24, 2.45) is 0 Å². The van der Waals surface area contributed by atoms with Crippen LogP contribution >= 0.6 is 0 Å². The smallest absolute Gasteiger partial charge is 0.262 e. The van der Waals surface area contributed by atoms with Gasteiger partial charge >= 0.3 is 0 Å². The molecule has 19 heavy (non-hydrogen) atoms. The van der Waals surface area contributed by atoms with Crippen LogP contribution in [0.15, 0.2) is 47.4 Å². The standard InChI is InChI=1S/C13H14N2O3S/c1-9-7-12(13(16)8-11(9)14)15-19(17,18)10-5-3-2-4-6-10/h2-8,15-16H,14H2,1H3. The van der Waals surface area contributed by atoms with Crippen LogP contribution in [0.2, 0.25) is 0 Å². The van der Waals surface area contributed by atoms with Gasteiger partial charge in [-0.15, -0.1) is 0 Å². The normalized spacial score (nSPS) is 11.2. The quantitative estimate of drug-likeness (QED) is 0.592. The number of nitrogen functional groups attached to an aromatic ring is 1. The molecule has 0 fully saturated rings. The van der Waals surface area contributed by atoms with Crippen LogP contribution < -0.4 is 10.5 Å². The van der Waals surface area contributed by atoms with Gasteiger partial charge in [-0.05, 0) is 30.7 Å². The SMILES string of the molecule is Cc1cc(NS(=O)(=O)c2ccccc2)c(O)cc1N. The molecule has 2 rings (SSSR count). The lowest BCUT2D eigenvalue weighted by Gasteiger charge is -2.11. The summed E-state index contributed by atoms with van der Waals surface area (Å²) in [4.78, 5) is 0.129. The maximum Gasteiger partial charge on any atom is 0.262 e. The lowest BCUT2D eigenvalue weighted by atomic mass is 10.2. The molecule has 0 aliphatic carbocycles. The van der Waals surface area contributed by atoms with Crippen LogP contribution in [-0.4, -0.2) is 13.5 Å². The average Bonchev–Trinajstić information content (AvgIpc) is 2.37. The first-order valence-electron chi connectivity index (χ1n) is 5.57. The molecule has 0 aromatic heterocycles. The first-order valence-corrected chi connectivity index (χ1v) is 7.05. The summed E-state index contributed by atoms with van der Waals surface area (Å²) in [5.74, 6) is -0.206. The number of hydrogen-bond donors (Lipinski definition) is 3. The Balaban J connectivity index is 2.39. The summed E-state index contributed by atoms with van der Waals surface area (Å²) < 4.78 is 26.5. The Morgan fingerprint density at radius 3 is 2.42 bits per heavy atom. The summed E-state index contributed by atoms with van der Waals surface area (Å²) >= 11 is 0. The molecule has 0 amide bonds. The second-order valence-corrected chi connectivity index (χ2v) is 5.83. The summed E-state index contributed by atoms with van der Waals surface area (Å²) in [6.45, 7) is 1.73. The third-order valence-corrected chi connectivity index (χ3v) is 4.06. The molecule has 0 radical (unpaired) electrons. The van der Waals surface area contributed by atoms with Crippen LogP contribution in [0.4, 0.5) is 11.4 Å². The van der Waals surface area contributed by atoms with Crippen LogP contribution in [0, 0.1) is 6.92 Å². The van der Waals surface area contributed by atoms with E-state index in [0.717, 1.165) is 0 Å². The molecule has 0 bridgehead atoms. The Morgan fingerprint density at radius 2 is 1.79 bits per heavy atom. The van der Waals surface area contributed by atoms with Gasteiger partial charge in [-0.25, -0.2) is 8.42 Å². The molecule has 0 aliphatic heterocycles. The molecule has 4 N–H and O–H groups in total. The molecule has 0 saturated carbocycles. The van der Waals surface area contributed by atoms with E-state index < -0.39 is 10.0 Å². The molecule has 2 aromatic rings. The fourth-order valence-corrected chi connectivity index (χ4v) is 2.68. The number of nitrogens with one attached hydrogen (secondary N) is 1. The van der Waals surface area contributed by atoms with Crippen molar-refractivity contribution in [1.82, 2.24) is 0 Å². The number of sulfonamides is 1. The number of benzene rings is 2. The minimum Gasteiger partial charge on any atom is -0.506 e. The maximum atomic E-state index is 12.1. The minimum atomic E-state index is -3.72. The second kappa shape index (κ2) is 4.81. The highest BCUT2D eigenvalue weighted by Gasteiger charge is 2.16. The van der Waals surface area contributed by atoms with Crippen molar-refractivity contribution in [3.8, 4) is 5.75 Å². The van der Waals surface area contributed by atoms with Gasteiger partial charge in [0.1, 0.15) is 5.75 Å². The molecule has 0 spiro atoms. The lowest BCUT2D eigenvalue weighted by molar-refractivity contribution is 0.478. The van der Waals surface area contributed by atoms with Gasteiger partial charge in [-0.1, -0.05) is 18.2 Å². The summed E-state index contributed by atoms with van der Waals surface area (Å²) in [5, 5.41) is 9.72. The molecule has 100 valence electrons. The second-order valence-electron chi connectivity index (χ2n) is 4.14.